The largest absolute Gasteiger partial charge is 0.508 e. The highest BCUT2D eigenvalue weighted by Gasteiger charge is 2.21. The molecule has 1 aliphatic heterocycles. The number of phenols is 1. The first kappa shape index (κ1) is 16.1. The van der Waals surface area contributed by atoms with Gasteiger partial charge in [-0.3, -0.25) is 0 Å². The fourth-order valence-corrected chi connectivity index (χ4v) is 3.18. The molecule has 1 saturated heterocycles. The predicted octanol–water partition coefficient (Wildman–Crippen LogP) is 2.93. The second-order valence-electron chi connectivity index (χ2n) is 5.93. The van der Waals surface area contributed by atoms with Crippen molar-refractivity contribution in [3.63, 3.8) is 0 Å². The molecular formula is C17H28N2O2. The Hall–Kier alpha value is -1.26. The molecule has 0 saturated carbocycles. The van der Waals surface area contributed by atoms with Crippen LogP contribution in [0.3, 0.4) is 0 Å². The molecule has 4 nitrogen and oxygen atoms in total. The summed E-state index contributed by atoms with van der Waals surface area (Å²) in [6, 6.07) is 6.24. The Labute approximate surface area is 128 Å². The van der Waals surface area contributed by atoms with E-state index < -0.39 is 0 Å². The van der Waals surface area contributed by atoms with Crippen molar-refractivity contribution in [2.24, 2.45) is 5.92 Å². The molecule has 1 aromatic carbocycles. The van der Waals surface area contributed by atoms with Gasteiger partial charge in [0.25, 0.3) is 0 Å². The molecule has 1 aliphatic rings. The highest BCUT2D eigenvalue weighted by atomic mass is 16.5. The summed E-state index contributed by atoms with van der Waals surface area (Å²) < 4.78 is 5.28. The first-order chi connectivity index (χ1) is 10.2. The summed E-state index contributed by atoms with van der Waals surface area (Å²) in [5.74, 6) is 0.973. The van der Waals surface area contributed by atoms with Crippen molar-refractivity contribution in [2.45, 2.75) is 32.7 Å². The smallest absolute Gasteiger partial charge is 0.122 e. The molecule has 2 rings (SSSR count). The zero-order valence-electron chi connectivity index (χ0n) is 13.4. The molecule has 0 radical (unpaired) electrons. The molecule has 2 atom stereocenters. The van der Waals surface area contributed by atoms with Gasteiger partial charge < -0.3 is 20.1 Å². The van der Waals surface area contributed by atoms with E-state index in [2.05, 4.69) is 30.1 Å². The van der Waals surface area contributed by atoms with Crippen LogP contribution < -0.4 is 10.2 Å². The average molecular weight is 292 g/mol. The minimum absolute atomic E-state index is 0.173. The molecule has 21 heavy (non-hydrogen) atoms. The Morgan fingerprint density at radius 1 is 1.48 bits per heavy atom. The Morgan fingerprint density at radius 2 is 2.29 bits per heavy atom. The van der Waals surface area contributed by atoms with E-state index in [-0.39, 0.29) is 6.04 Å². The van der Waals surface area contributed by atoms with E-state index in [0.717, 1.165) is 37.5 Å². The Bertz CT molecular complexity index is 448. The van der Waals surface area contributed by atoms with E-state index in [4.69, 9.17) is 4.74 Å². The molecule has 1 aromatic rings. The first-order valence-corrected chi connectivity index (χ1v) is 7.95. The number of nitrogens with zero attached hydrogens (tertiary/aromatic N) is 1. The molecule has 2 N–H and O–H groups in total. The summed E-state index contributed by atoms with van der Waals surface area (Å²) in [5, 5.41) is 13.6. The van der Waals surface area contributed by atoms with E-state index in [9.17, 15) is 5.11 Å². The number of nitrogens with one attached hydrogen (secondary N) is 1. The van der Waals surface area contributed by atoms with Crippen molar-refractivity contribution in [3.05, 3.63) is 23.8 Å². The van der Waals surface area contributed by atoms with Crippen molar-refractivity contribution in [2.75, 3.05) is 38.3 Å². The van der Waals surface area contributed by atoms with Gasteiger partial charge in [-0.2, -0.15) is 0 Å². The van der Waals surface area contributed by atoms with Crippen molar-refractivity contribution in [1.82, 2.24) is 5.32 Å². The van der Waals surface area contributed by atoms with Crippen LogP contribution in [-0.4, -0.2) is 38.5 Å². The number of hydrogen-bond donors (Lipinski definition) is 2. The Kier molecular flexibility index (Phi) is 5.88. The van der Waals surface area contributed by atoms with E-state index in [1.165, 1.54) is 12.8 Å². The molecular weight excluding hydrogens is 264 g/mol. The van der Waals surface area contributed by atoms with Gasteiger partial charge in [-0.15, -0.1) is 0 Å². The molecule has 0 bridgehead atoms. The average Bonchev–Trinajstić information content (AvgIpc) is 2.48. The van der Waals surface area contributed by atoms with Crippen LogP contribution in [0.25, 0.3) is 0 Å². The lowest BCUT2D eigenvalue weighted by Gasteiger charge is -2.34. The number of piperidine rings is 1. The highest BCUT2D eigenvalue weighted by molar-refractivity contribution is 5.54. The number of benzene rings is 1. The molecule has 118 valence electrons. The number of anilines is 1. The van der Waals surface area contributed by atoms with Gasteiger partial charge >= 0.3 is 0 Å². The molecule has 4 heteroatoms. The summed E-state index contributed by atoms with van der Waals surface area (Å²) in [6.07, 6.45) is 2.41. The molecule has 0 amide bonds. The van der Waals surface area contributed by atoms with Gasteiger partial charge in [0, 0.05) is 43.6 Å². The minimum atomic E-state index is 0.173. The van der Waals surface area contributed by atoms with Gasteiger partial charge in [-0.25, -0.2) is 0 Å². The Morgan fingerprint density at radius 3 is 2.95 bits per heavy atom. The molecule has 1 fully saturated rings. The van der Waals surface area contributed by atoms with Crippen molar-refractivity contribution >= 4 is 5.69 Å². The van der Waals surface area contributed by atoms with Crippen LogP contribution in [0.15, 0.2) is 18.2 Å². The van der Waals surface area contributed by atoms with Gasteiger partial charge in [0.15, 0.2) is 0 Å². The lowest BCUT2D eigenvalue weighted by Crippen LogP contribution is -2.37. The quantitative estimate of drug-likeness (QED) is 0.846. The lowest BCUT2D eigenvalue weighted by atomic mass is 9.98. The molecule has 2 unspecified atom stereocenters. The summed E-state index contributed by atoms with van der Waals surface area (Å²) in [4.78, 5) is 2.36. The van der Waals surface area contributed by atoms with Crippen LogP contribution in [0.2, 0.25) is 0 Å². The maximum atomic E-state index is 10.3. The number of rotatable bonds is 6. The van der Waals surface area contributed by atoms with Crippen LogP contribution in [0, 0.1) is 5.92 Å². The van der Waals surface area contributed by atoms with Gasteiger partial charge in [0.1, 0.15) is 5.75 Å². The third-order valence-corrected chi connectivity index (χ3v) is 4.28. The predicted molar refractivity (Wildman–Crippen MR) is 87.0 cm³/mol. The number of phenolic OH excluding ortho intramolecular Hbond substituents is 1. The van der Waals surface area contributed by atoms with Gasteiger partial charge in [-0.1, -0.05) is 13.0 Å². The molecule has 0 aliphatic carbocycles. The van der Waals surface area contributed by atoms with E-state index in [0.29, 0.717) is 11.7 Å². The fourth-order valence-electron chi connectivity index (χ4n) is 3.18. The van der Waals surface area contributed by atoms with Gasteiger partial charge in [0.2, 0.25) is 0 Å². The third kappa shape index (κ3) is 4.11. The second kappa shape index (κ2) is 7.66. The molecule has 0 aromatic heterocycles. The zero-order chi connectivity index (χ0) is 15.2. The standard InChI is InChI=1S/C17H28N2O2/c1-4-18-13(2)16-8-7-15(10-17(16)20)19-9-5-6-14(11-19)12-21-3/h7-8,10,13-14,18,20H,4-6,9,11-12H2,1-3H3. The highest BCUT2D eigenvalue weighted by Crippen LogP contribution is 2.31. The normalized spacial score (nSPS) is 20.5. The number of ether oxygens (including phenoxy) is 1. The topological polar surface area (TPSA) is 44.7 Å². The summed E-state index contributed by atoms with van der Waals surface area (Å²) in [6.45, 7) is 7.93. The Balaban J connectivity index is 2.08. The maximum absolute atomic E-state index is 10.3. The number of methoxy groups -OCH3 is 1. The van der Waals surface area contributed by atoms with Crippen molar-refractivity contribution in [1.29, 1.82) is 0 Å². The fraction of sp³-hybridized carbons (Fsp3) is 0.647. The van der Waals surface area contributed by atoms with Crippen molar-refractivity contribution < 1.29 is 9.84 Å². The van der Waals surface area contributed by atoms with E-state index >= 15 is 0 Å². The van der Waals surface area contributed by atoms with Gasteiger partial charge in [-0.05, 0) is 38.3 Å². The van der Waals surface area contributed by atoms with Crippen LogP contribution in [0.1, 0.15) is 38.3 Å². The third-order valence-electron chi connectivity index (χ3n) is 4.28. The molecule has 1 heterocycles. The molecule has 0 spiro atoms. The lowest BCUT2D eigenvalue weighted by molar-refractivity contribution is 0.143. The van der Waals surface area contributed by atoms with Crippen LogP contribution >= 0.6 is 0 Å². The number of aromatic hydroxyl groups is 1. The summed E-state index contributed by atoms with van der Waals surface area (Å²) in [5.41, 5.74) is 2.08. The summed E-state index contributed by atoms with van der Waals surface area (Å²) >= 11 is 0. The van der Waals surface area contributed by atoms with Gasteiger partial charge in [0.05, 0.1) is 6.61 Å². The van der Waals surface area contributed by atoms with E-state index in [1.54, 1.807) is 7.11 Å². The minimum Gasteiger partial charge on any atom is -0.508 e. The monoisotopic (exact) mass is 292 g/mol. The zero-order valence-corrected chi connectivity index (χ0v) is 13.4. The van der Waals surface area contributed by atoms with E-state index in [1.807, 2.05) is 12.1 Å². The van der Waals surface area contributed by atoms with Crippen LogP contribution in [0.5, 0.6) is 5.75 Å². The maximum Gasteiger partial charge on any atom is 0.122 e. The van der Waals surface area contributed by atoms with Crippen LogP contribution in [-0.2, 0) is 4.74 Å². The second-order valence-corrected chi connectivity index (χ2v) is 5.93. The number of hydrogen-bond acceptors (Lipinski definition) is 4. The SMILES string of the molecule is CCNC(C)c1ccc(N2CCCC(COC)C2)cc1O. The summed E-state index contributed by atoms with van der Waals surface area (Å²) in [7, 11) is 1.77. The van der Waals surface area contributed by atoms with Crippen LogP contribution in [0.4, 0.5) is 5.69 Å². The van der Waals surface area contributed by atoms with Crippen molar-refractivity contribution in [3.8, 4) is 5.75 Å². The first-order valence-electron chi connectivity index (χ1n) is 7.95.